The Bertz CT molecular complexity index is 637. The van der Waals surface area contributed by atoms with Crippen molar-refractivity contribution in [1.82, 2.24) is 4.72 Å². The first kappa shape index (κ1) is 16.3. The fraction of sp³-hybridized carbons (Fsp3) is 0.538. The molecule has 1 aliphatic rings. The molecule has 0 aromatic heterocycles. The summed E-state index contributed by atoms with van der Waals surface area (Å²) >= 11 is 0. The number of hydrogen-bond donors (Lipinski definition) is 2. The molecule has 21 heavy (non-hydrogen) atoms. The van der Waals surface area contributed by atoms with Crippen molar-refractivity contribution >= 4 is 10.0 Å². The minimum atomic E-state index is -4.60. The maximum Gasteiger partial charge on any atom is 0.416 e. The lowest BCUT2D eigenvalue weighted by Crippen LogP contribution is -2.32. The van der Waals surface area contributed by atoms with E-state index in [0.29, 0.717) is 12.8 Å². The second kappa shape index (κ2) is 5.26. The Balaban J connectivity index is 2.28. The number of rotatable bonds is 5. The van der Waals surface area contributed by atoms with Gasteiger partial charge in [-0.1, -0.05) is 6.07 Å². The summed E-state index contributed by atoms with van der Waals surface area (Å²) in [5.74, 6) is 0. The topological polar surface area (TPSA) is 66.4 Å². The van der Waals surface area contributed by atoms with E-state index in [1.165, 1.54) is 0 Å². The summed E-state index contributed by atoms with van der Waals surface area (Å²) in [6.45, 7) is 1.02. The zero-order valence-corrected chi connectivity index (χ0v) is 12.2. The number of nitrogens with one attached hydrogen (secondary N) is 1. The smallest absolute Gasteiger partial charge is 0.396 e. The van der Waals surface area contributed by atoms with Crippen molar-refractivity contribution in [3.05, 3.63) is 29.3 Å². The molecule has 4 nitrogen and oxygen atoms in total. The van der Waals surface area contributed by atoms with Gasteiger partial charge in [0.05, 0.1) is 10.5 Å². The van der Waals surface area contributed by atoms with Gasteiger partial charge in [-0.15, -0.1) is 0 Å². The predicted molar refractivity (Wildman–Crippen MR) is 70.1 cm³/mol. The summed E-state index contributed by atoms with van der Waals surface area (Å²) in [4.78, 5) is -0.383. The Labute approximate surface area is 121 Å². The average Bonchev–Trinajstić information content (AvgIpc) is 3.16. The lowest BCUT2D eigenvalue weighted by molar-refractivity contribution is -0.138. The van der Waals surface area contributed by atoms with Crippen LogP contribution in [0.25, 0.3) is 0 Å². The van der Waals surface area contributed by atoms with Crippen LogP contribution in [0.5, 0.6) is 0 Å². The number of aliphatic hydroxyl groups is 1. The Morgan fingerprint density at radius 3 is 2.43 bits per heavy atom. The summed E-state index contributed by atoms with van der Waals surface area (Å²) in [6, 6.07) is 3.07. The van der Waals surface area contributed by atoms with Crippen molar-refractivity contribution in [3.8, 4) is 0 Å². The summed E-state index contributed by atoms with van der Waals surface area (Å²) in [5.41, 5.74) is -1.75. The largest absolute Gasteiger partial charge is 0.416 e. The standard InChI is InChI=1S/C13H16F3NO3S/c1-9-10(13(14,15)16)3-2-4-11(9)21(19,20)17-7-12(8-18)5-6-12/h2-4,17-18H,5-8H2,1H3. The lowest BCUT2D eigenvalue weighted by Gasteiger charge is -2.16. The van der Waals surface area contributed by atoms with Crippen LogP contribution in [0, 0.1) is 12.3 Å². The van der Waals surface area contributed by atoms with Gasteiger partial charge in [0.25, 0.3) is 0 Å². The van der Waals surface area contributed by atoms with Gasteiger partial charge in [0.1, 0.15) is 0 Å². The molecule has 2 N–H and O–H groups in total. The molecule has 0 radical (unpaired) electrons. The first-order chi connectivity index (χ1) is 9.61. The molecule has 1 aromatic carbocycles. The summed E-state index contributed by atoms with van der Waals surface area (Å²) in [6.07, 6.45) is -3.19. The van der Waals surface area contributed by atoms with E-state index in [4.69, 9.17) is 5.11 Å². The first-order valence-corrected chi connectivity index (χ1v) is 7.87. The third kappa shape index (κ3) is 3.38. The first-order valence-electron chi connectivity index (χ1n) is 6.39. The number of sulfonamides is 1. The van der Waals surface area contributed by atoms with E-state index in [1.807, 2.05) is 0 Å². The molecule has 1 aromatic rings. The molecule has 2 rings (SSSR count). The van der Waals surface area contributed by atoms with Crippen molar-refractivity contribution in [3.63, 3.8) is 0 Å². The number of aliphatic hydroxyl groups excluding tert-OH is 1. The summed E-state index contributed by atoms with van der Waals surface area (Å²) in [5, 5.41) is 9.15. The van der Waals surface area contributed by atoms with Gasteiger partial charge in [-0.2, -0.15) is 13.2 Å². The highest BCUT2D eigenvalue weighted by molar-refractivity contribution is 7.89. The van der Waals surface area contributed by atoms with Crippen LogP contribution in [0.15, 0.2) is 23.1 Å². The molecule has 8 heteroatoms. The minimum Gasteiger partial charge on any atom is -0.396 e. The normalized spacial score (nSPS) is 17.8. The second-order valence-electron chi connectivity index (χ2n) is 5.41. The highest BCUT2D eigenvalue weighted by atomic mass is 32.2. The van der Waals surface area contributed by atoms with Gasteiger partial charge < -0.3 is 5.11 Å². The molecule has 0 aliphatic heterocycles. The van der Waals surface area contributed by atoms with E-state index in [-0.39, 0.29) is 23.6 Å². The third-order valence-electron chi connectivity index (χ3n) is 3.81. The van der Waals surface area contributed by atoms with E-state index >= 15 is 0 Å². The maximum absolute atomic E-state index is 12.8. The van der Waals surface area contributed by atoms with Gasteiger partial charge in [0.15, 0.2) is 0 Å². The van der Waals surface area contributed by atoms with Crippen LogP contribution in [0.3, 0.4) is 0 Å². The molecule has 0 spiro atoms. The quantitative estimate of drug-likeness (QED) is 0.872. The average molecular weight is 323 g/mol. The van der Waals surface area contributed by atoms with Crippen LogP contribution in [0.1, 0.15) is 24.0 Å². The zero-order valence-electron chi connectivity index (χ0n) is 11.4. The summed E-state index contributed by atoms with van der Waals surface area (Å²) < 4.78 is 65.0. The van der Waals surface area contributed by atoms with Crippen molar-refractivity contribution in [1.29, 1.82) is 0 Å². The molecule has 0 unspecified atom stereocenters. The van der Waals surface area contributed by atoms with Crippen molar-refractivity contribution in [2.45, 2.75) is 30.8 Å². The van der Waals surface area contributed by atoms with E-state index in [1.54, 1.807) is 0 Å². The van der Waals surface area contributed by atoms with Gasteiger partial charge in [-0.25, -0.2) is 13.1 Å². The molecule has 0 saturated heterocycles. The minimum absolute atomic E-state index is 0.0293. The van der Waals surface area contributed by atoms with Crippen LogP contribution in [-0.2, 0) is 16.2 Å². The van der Waals surface area contributed by atoms with Crippen LogP contribution in [0.4, 0.5) is 13.2 Å². The molecule has 1 aliphatic carbocycles. The van der Waals surface area contributed by atoms with E-state index in [9.17, 15) is 21.6 Å². The molecular weight excluding hydrogens is 307 g/mol. The fourth-order valence-corrected chi connectivity index (χ4v) is 3.53. The Kier molecular flexibility index (Phi) is 4.07. The van der Waals surface area contributed by atoms with Gasteiger partial charge >= 0.3 is 6.18 Å². The number of alkyl halides is 3. The monoisotopic (exact) mass is 323 g/mol. The highest BCUT2D eigenvalue weighted by Crippen LogP contribution is 2.44. The Hall–Kier alpha value is -1.12. The molecule has 0 heterocycles. The number of hydrogen-bond acceptors (Lipinski definition) is 3. The molecule has 0 atom stereocenters. The van der Waals surface area contributed by atoms with Gasteiger partial charge in [0, 0.05) is 18.6 Å². The van der Waals surface area contributed by atoms with E-state index in [2.05, 4.69) is 4.72 Å². The van der Waals surface area contributed by atoms with Crippen LogP contribution in [-0.4, -0.2) is 26.7 Å². The number of halogens is 3. The van der Waals surface area contributed by atoms with Crippen LogP contribution < -0.4 is 4.72 Å². The van der Waals surface area contributed by atoms with E-state index < -0.39 is 27.2 Å². The third-order valence-corrected chi connectivity index (χ3v) is 5.35. The zero-order chi connectivity index (χ0) is 15.9. The molecule has 1 saturated carbocycles. The van der Waals surface area contributed by atoms with E-state index in [0.717, 1.165) is 25.1 Å². The highest BCUT2D eigenvalue weighted by Gasteiger charge is 2.43. The molecular formula is C13H16F3NO3S. The number of benzene rings is 1. The maximum atomic E-state index is 12.8. The predicted octanol–water partition coefficient (Wildman–Crippen LogP) is 2.06. The van der Waals surface area contributed by atoms with Gasteiger partial charge in [0.2, 0.25) is 10.0 Å². The van der Waals surface area contributed by atoms with Crippen LogP contribution in [0.2, 0.25) is 0 Å². The second-order valence-corrected chi connectivity index (χ2v) is 7.14. The molecule has 0 bridgehead atoms. The van der Waals surface area contributed by atoms with Crippen molar-refractivity contribution in [2.24, 2.45) is 5.41 Å². The fourth-order valence-electron chi connectivity index (χ4n) is 2.11. The Morgan fingerprint density at radius 1 is 1.33 bits per heavy atom. The molecule has 1 fully saturated rings. The lowest BCUT2D eigenvalue weighted by atomic mass is 10.1. The Morgan fingerprint density at radius 2 is 1.95 bits per heavy atom. The van der Waals surface area contributed by atoms with Crippen LogP contribution >= 0.6 is 0 Å². The van der Waals surface area contributed by atoms with Gasteiger partial charge in [-0.05, 0) is 37.5 Å². The molecule has 0 amide bonds. The van der Waals surface area contributed by atoms with Gasteiger partial charge in [-0.3, -0.25) is 0 Å². The van der Waals surface area contributed by atoms with Crippen molar-refractivity contribution in [2.75, 3.05) is 13.2 Å². The SMILES string of the molecule is Cc1c(C(F)(F)F)cccc1S(=O)(=O)NCC1(CO)CC1. The molecule has 118 valence electrons. The summed E-state index contributed by atoms with van der Waals surface area (Å²) in [7, 11) is -4.04. The van der Waals surface area contributed by atoms with Crippen molar-refractivity contribution < 1.29 is 26.7 Å².